The van der Waals surface area contributed by atoms with Gasteiger partial charge in [-0.1, -0.05) is 0 Å². The molecule has 0 spiro atoms. The number of aromatic carboxylic acids is 1. The summed E-state index contributed by atoms with van der Waals surface area (Å²) in [6, 6.07) is 2.24. The van der Waals surface area contributed by atoms with E-state index in [0.717, 1.165) is 6.07 Å². The minimum atomic E-state index is -1.24. The Bertz CT molecular complexity index is 430. The van der Waals surface area contributed by atoms with Gasteiger partial charge in [0, 0.05) is 6.07 Å². The molecule has 0 heterocycles. The molecular weight excluding hydrogens is 202 g/mol. The maximum atomic E-state index is 10.7. The van der Waals surface area contributed by atoms with Crippen LogP contribution in [0.15, 0.2) is 12.1 Å². The van der Waals surface area contributed by atoms with Gasteiger partial charge in [-0.2, -0.15) is 0 Å². The summed E-state index contributed by atoms with van der Waals surface area (Å²) in [5, 5.41) is 19.3. The molecule has 80 valence electrons. The number of nitrogens with zero attached hydrogens (tertiary/aromatic N) is 1. The fraction of sp³-hybridized carbons (Fsp3) is 0.125. The summed E-state index contributed by atoms with van der Waals surface area (Å²) in [5.41, 5.74) is 2.28. The summed E-state index contributed by atoms with van der Waals surface area (Å²) in [7, 11) is 0. The number of benzene rings is 1. The summed E-state index contributed by atoms with van der Waals surface area (Å²) < 4.78 is 0. The number of anilines is 1. The van der Waals surface area contributed by atoms with E-state index in [1.54, 1.807) is 0 Å². The fourth-order valence-electron chi connectivity index (χ4n) is 1.16. The van der Waals surface area contributed by atoms with Gasteiger partial charge in [0.15, 0.2) is 0 Å². The first kappa shape index (κ1) is 10.9. The highest BCUT2D eigenvalue weighted by molar-refractivity contribution is 5.90. The third kappa shape index (κ3) is 2.02. The van der Waals surface area contributed by atoms with E-state index in [0.29, 0.717) is 5.56 Å². The Kier molecular flexibility index (Phi) is 2.86. The summed E-state index contributed by atoms with van der Waals surface area (Å²) in [5.74, 6) is 3.88. The second-order valence-corrected chi connectivity index (χ2v) is 2.87. The van der Waals surface area contributed by atoms with E-state index in [9.17, 15) is 14.9 Å². The van der Waals surface area contributed by atoms with Crippen LogP contribution in [0, 0.1) is 17.0 Å². The van der Waals surface area contributed by atoms with Crippen molar-refractivity contribution in [3.05, 3.63) is 33.4 Å². The van der Waals surface area contributed by atoms with Gasteiger partial charge < -0.3 is 10.5 Å². The van der Waals surface area contributed by atoms with Gasteiger partial charge in [0.05, 0.1) is 21.7 Å². The smallest absolute Gasteiger partial charge is 0.336 e. The first-order valence-electron chi connectivity index (χ1n) is 3.96. The third-order valence-electron chi connectivity index (χ3n) is 1.98. The van der Waals surface area contributed by atoms with Crippen LogP contribution < -0.4 is 11.3 Å². The van der Waals surface area contributed by atoms with Crippen molar-refractivity contribution < 1.29 is 14.8 Å². The number of hydrogen-bond donors (Lipinski definition) is 3. The number of nitro groups is 1. The van der Waals surface area contributed by atoms with Crippen LogP contribution in [0.4, 0.5) is 11.4 Å². The highest BCUT2D eigenvalue weighted by Gasteiger charge is 2.18. The highest BCUT2D eigenvalue weighted by atomic mass is 16.6. The van der Waals surface area contributed by atoms with Crippen molar-refractivity contribution in [1.82, 2.24) is 0 Å². The molecule has 4 N–H and O–H groups in total. The van der Waals surface area contributed by atoms with E-state index in [1.807, 2.05) is 0 Å². The van der Waals surface area contributed by atoms with Gasteiger partial charge in [0.1, 0.15) is 0 Å². The molecule has 7 nitrogen and oxygen atoms in total. The van der Waals surface area contributed by atoms with Crippen molar-refractivity contribution in [2.75, 3.05) is 5.43 Å². The molecule has 0 amide bonds. The first-order chi connectivity index (χ1) is 6.97. The molecule has 1 aromatic carbocycles. The molecule has 0 atom stereocenters. The molecule has 0 saturated carbocycles. The highest BCUT2D eigenvalue weighted by Crippen LogP contribution is 2.26. The average molecular weight is 211 g/mol. The van der Waals surface area contributed by atoms with Crippen molar-refractivity contribution in [3.8, 4) is 0 Å². The number of nitro benzene ring substituents is 1. The quantitative estimate of drug-likeness (QED) is 0.388. The van der Waals surface area contributed by atoms with Gasteiger partial charge in [-0.25, -0.2) is 4.79 Å². The second-order valence-electron chi connectivity index (χ2n) is 2.87. The van der Waals surface area contributed by atoms with Crippen LogP contribution in [0.1, 0.15) is 15.9 Å². The zero-order chi connectivity index (χ0) is 11.6. The summed E-state index contributed by atoms with van der Waals surface area (Å²) in [4.78, 5) is 20.6. The Morgan fingerprint density at radius 3 is 2.60 bits per heavy atom. The lowest BCUT2D eigenvalue weighted by atomic mass is 10.1. The fourth-order valence-corrected chi connectivity index (χ4v) is 1.16. The van der Waals surface area contributed by atoms with Crippen LogP contribution in [-0.4, -0.2) is 16.0 Å². The molecule has 0 saturated heterocycles. The van der Waals surface area contributed by atoms with E-state index in [2.05, 4.69) is 5.43 Å². The predicted molar refractivity (Wildman–Crippen MR) is 52.6 cm³/mol. The van der Waals surface area contributed by atoms with Crippen LogP contribution in [0.3, 0.4) is 0 Å². The lowest BCUT2D eigenvalue weighted by Gasteiger charge is -2.06. The first-order valence-corrected chi connectivity index (χ1v) is 3.96. The molecule has 7 heteroatoms. The number of nitrogen functional groups attached to an aromatic ring is 1. The molecule has 1 rings (SSSR count). The normalized spacial score (nSPS) is 9.73. The van der Waals surface area contributed by atoms with E-state index >= 15 is 0 Å². The number of nitrogens with two attached hydrogens (primary N) is 1. The lowest BCUT2D eigenvalue weighted by molar-refractivity contribution is -0.385. The molecule has 0 fully saturated rings. The SMILES string of the molecule is Cc1c(NN)cc(C(=O)O)cc1[N+](=O)[O-]. The zero-order valence-electron chi connectivity index (χ0n) is 7.85. The molecule has 0 aliphatic rings. The Balaban J connectivity index is 3.45. The van der Waals surface area contributed by atoms with Gasteiger partial charge in [-0.3, -0.25) is 16.0 Å². The molecular formula is C8H9N3O4. The number of carbonyl (C=O) groups is 1. The third-order valence-corrected chi connectivity index (χ3v) is 1.98. The molecule has 0 aromatic heterocycles. The second kappa shape index (κ2) is 3.93. The van der Waals surface area contributed by atoms with Crippen LogP contribution in [-0.2, 0) is 0 Å². The van der Waals surface area contributed by atoms with Crippen molar-refractivity contribution >= 4 is 17.3 Å². The van der Waals surface area contributed by atoms with Gasteiger partial charge in [-0.15, -0.1) is 0 Å². The molecule has 0 aliphatic heterocycles. The van der Waals surface area contributed by atoms with Crippen molar-refractivity contribution in [1.29, 1.82) is 0 Å². The van der Waals surface area contributed by atoms with Crippen molar-refractivity contribution in [2.24, 2.45) is 5.84 Å². The molecule has 0 radical (unpaired) electrons. The van der Waals surface area contributed by atoms with Crippen LogP contribution in [0.5, 0.6) is 0 Å². The molecule has 0 bridgehead atoms. The summed E-state index contributed by atoms with van der Waals surface area (Å²) >= 11 is 0. The topological polar surface area (TPSA) is 118 Å². The number of rotatable bonds is 3. The lowest BCUT2D eigenvalue weighted by Crippen LogP contribution is -2.11. The maximum absolute atomic E-state index is 10.7. The van der Waals surface area contributed by atoms with Crippen molar-refractivity contribution in [3.63, 3.8) is 0 Å². The van der Waals surface area contributed by atoms with E-state index in [4.69, 9.17) is 10.9 Å². The minimum absolute atomic E-state index is 0.180. The van der Waals surface area contributed by atoms with E-state index < -0.39 is 10.9 Å². The predicted octanol–water partition coefficient (Wildman–Crippen LogP) is 0.887. The monoisotopic (exact) mass is 211 g/mol. The van der Waals surface area contributed by atoms with Crippen LogP contribution in [0.2, 0.25) is 0 Å². The van der Waals surface area contributed by atoms with Gasteiger partial charge in [0.25, 0.3) is 5.69 Å². The number of hydrazine groups is 1. The zero-order valence-corrected chi connectivity index (χ0v) is 7.85. The van der Waals surface area contributed by atoms with E-state index in [1.165, 1.54) is 13.0 Å². The Morgan fingerprint density at radius 1 is 1.60 bits per heavy atom. The number of carboxylic acids is 1. The van der Waals surface area contributed by atoms with Crippen LogP contribution in [0.25, 0.3) is 0 Å². The van der Waals surface area contributed by atoms with Gasteiger partial charge >= 0.3 is 5.97 Å². The Hall–Kier alpha value is -2.15. The average Bonchev–Trinajstić information content (AvgIpc) is 2.17. The largest absolute Gasteiger partial charge is 0.478 e. The number of hydrogen-bond acceptors (Lipinski definition) is 5. The number of carboxylic acid groups (broad SMARTS) is 1. The molecule has 0 unspecified atom stereocenters. The summed E-state index contributed by atoms with van der Waals surface area (Å²) in [6.07, 6.45) is 0. The Labute approximate surface area is 84.6 Å². The number of nitrogens with one attached hydrogen (secondary N) is 1. The van der Waals surface area contributed by atoms with Crippen LogP contribution >= 0.6 is 0 Å². The summed E-state index contributed by atoms with van der Waals surface area (Å²) in [6.45, 7) is 1.49. The maximum Gasteiger partial charge on any atom is 0.336 e. The van der Waals surface area contributed by atoms with E-state index in [-0.39, 0.29) is 16.9 Å². The minimum Gasteiger partial charge on any atom is -0.478 e. The van der Waals surface area contributed by atoms with Crippen molar-refractivity contribution in [2.45, 2.75) is 6.92 Å². The Morgan fingerprint density at radius 2 is 2.20 bits per heavy atom. The van der Waals surface area contributed by atoms with Gasteiger partial charge in [-0.05, 0) is 13.0 Å². The molecule has 15 heavy (non-hydrogen) atoms. The molecule has 0 aliphatic carbocycles. The molecule has 1 aromatic rings. The van der Waals surface area contributed by atoms with Gasteiger partial charge in [0.2, 0.25) is 0 Å². The standard InChI is InChI=1S/C8H9N3O4/c1-4-6(10-9)2-5(8(12)13)3-7(4)11(14)15/h2-3,10H,9H2,1H3,(H,12,13).